The van der Waals surface area contributed by atoms with Crippen molar-refractivity contribution in [1.82, 2.24) is 9.88 Å². The number of anilines is 2. The molecule has 0 aliphatic heterocycles. The van der Waals surface area contributed by atoms with Crippen molar-refractivity contribution in [3.05, 3.63) is 40.9 Å². The molecule has 0 saturated heterocycles. The van der Waals surface area contributed by atoms with Crippen LogP contribution in [0.15, 0.2) is 30.5 Å². The largest absolute Gasteiger partial charge is 0.478 e. The van der Waals surface area contributed by atoms with E-state index in [1.165, 1.54) is 31.2 Å². The van der Waals surface area contributed by atoms with Crippen LogP contribution in [0.3, 0.4) is 0 Å². The van der Waals surface area contributed by atoms with Crippen LogP contribution in [0.5, 0.6) is 0 Å². The number of carboxylic acids is 1. The van der Waals surface area contributed by atoms with Gasteiger partial charge in [-0.15, -0.1) is 0 Å². The van der Waals surface area contributed by atoms with Gasteiger partial charge in [-0.1, -0.05) is 55.9 Å². The highest BCUT2D eigenvalue weighted by Crippen LogP contribution is 2.31. The fourth-order valence-electron chi connectivity index (χ4n) is 4.86. The molecule has 2 aliphatic carbocycles. The van der Waals surface area contributed by atoms with Crippen molar-refractivity contribution in [2.45, 2.75) is 76.3 Å². The Morgan fingerprint density at radius 1 is 0.939 bits per heavy atom. The van der Waals surface area contributed by atoms with Crippen LogP contribution in [-0.2, 0) is 0 Å². The Labute approximate surface area is 197 Å². The van der Waals surface area contributed by atoms with E-state index >= 15 is 0 Å². The predicted molar refractivity (Wildman–Crippen MR) is 128 cm³/mol. The van der Waals surface area contributed by atoms with Gasteiger partial charge in [-0.2, -0.15) is 0 Å². The van der Waals surface area contributed by atoms with Gasteiger partial charge in [-0.05, 0) is 43.9 Å². The minimum atomic E-state index is -1.06. The number of carbonyl (C=O) groups excluding carboxylic acids is 2. The average Bonchev–Trinajstić information content (AvgIpc) is 3.29. The number of carbonyl (C=O) groups is 3. The van der Waals surface area contributed by atoms with E-state index in [1.54, 1.807) is 12.1 Å². The zero-order chi connectivity index (χ0) is 23.2. The second kappa shape index (κ2) is 10.8. The number of rotatable bonds is 6. The number of carboxylic acid groups (broad SMARTS) is 1. The number of hydrogen-bond acceptors (Lipinski definition) is 5. The van der Waals surface area contributed by atoms with Crippen LogP contribution in [0.25, 0.3) is 0 Å². The summed E-state index contributed by atoms with van der Waals surface area (Å²) in [5.74, 6) is -1.46. The zero-order valence-corrected chi connectivity index (χ0v) is 19.4. The predicted octanol–water partition coefficient (Wildman–Crippen LogP) is 5.59. The summed E-state index contributed by atoms with van der Waals surface area (Å²) in [6, 6.07) is 6.48. The van der Waals surface area contributed by atoms with E-state index in [4.69, 9.17) is 5.11 Å². The molecular formula is C24H30N4O4S. The molecule has 8 nitrogen and oxygen atoms in total. The molecule has 176 valence electrons. The molecule has 2 saturated carbocycles. The average molecular weight is 471 g/mol. The molecule has 4 rings (SSSR count). The van der Waals surface area contributed by atoms with Gasteiger partial charge in [0.15, 0.2) is 5.13 Å². The first-order valence-electron chi connectivity index (χ1n) is 11.7. The smallest absolute Gasteiger partial charge is 0.335 e. The van der Waals surface area contributed by atoms with E-state index in [9.17, 15) is 14.4 Å². The van der Waals surface area contributed by atoms with Crippen molar-refractivity contribution in [2.24, 2.45) is 0 Å². The number of hydrogen-bond donors (Lipinski definition) is 3. The second-order valence-electron chi connectivity index (χ2n) is 8.79. The number of urea groups is 1. The third-order valence-corrected chi connectivity index (χ3v) is 7.39. The Morgan fingerprint density at radius 3 is 2.18 bits per heavy atom. The van der Waals surface area contributed by atoms with Gasteiger partial charge >= 0.3 is 12.0 Å². The maximum atomic E-state index is 13.3. The van der Waals surface area contributed by atoms with Crippen LogP contribution < -0.4 is 10.6 Å². The zero-order valence-electron chi connectivity index (χ0n) is 18.6. The van der Waals surface area contributed by atoms with Gasteiger partial charge in [0.1, 0.15) is 4.88 Å². The van der Waals surface area contributed by atoms with Crippen molar-refractivity contribution < 1.29 is 19.5 Å². The fourth-order valence-corrected chi connectivity index (χ4v) is 5.56. The molecule has 2 aromatic rings. The molecule has 0 unspecified atom stereocenters. The van der Waals surface area contributed by atoms with Crippen LogP contribution in [0.4, 0.5) is 15.6 Å². The van der Waals surface area contributed by atoms with Crippen LogP contribution in [-0.4, -0.2) is 45.0 Å². The molecule has 1 aromatic heterocycles. The molecule has 1 heterocycles. The highest BCUT2D eigenvalue weighted by molar-refractivity contribution is 7.17. The van der Waals surface area contributed by atoms with Gasteiger partial charge in [0.25, 0.3) is 5.91 Å². The van der Waals surface area contributed by atoms with Crippen molar-refractivity contribution in [3.63, 3.8) is 0 Å². The maximum Gasteiger partial charge on any atom is 0.335 e. The van der Waals surface area contributed by atoms with Gasteiger partial charge < -0.3 is 15.3 Å². The minimum absolute atomic E-state index is 0.0931. The molecule has 9 heteroatoms. The van der Waals surface area contributed by atoms with Crippen molar-refractivity contribution in [1.29, 1.82) is 0 Å². The lowest BCUT2D eigenvalue weighted by molar-refractivity contribution is 0.0696. The third kappa shape index (κ3) is 5.90. The number of aromatic nitrogens is 1. The number of thiazole rings is 1. The standard InChI is InChI=1S/C24H30N4O4S/c29-21(26-17-9-7-8-16(14-17)22(30)31)20-15-25-23(33-20)27-24(32)28(18-10-3-1-4-11-18)19-12-5-2-6-13-19/h7-9,14-15,18-19H,1-6,10-13H2,(H,26,29)(H,30,31)(H,25,27,32). The number of amides is 3. The summed E-state index contributed by atoms with van der Waals surface area (Å²) in [5.41, 5.74) is 0.482. The van der Waals surface area contributed by atoms with Crippen LogP contribution in [0.2, 0.25) is 0 Å². The molecule has 3 N–H and O–H groups in total. The maximum absolute atomic E-state index is 13.3. The van der Waals surface area contributed by atoms with Crippen LogP contribution in [0, 0.1) is 0 Å². The van der Waals surface area contributed by atoms with Crippen molar-refractivity contribution in [3.8, 4) is 0 Å². The van der Waals surface area contributed by atoms with Crippen LogP contribution in [0.1, 0.15) is 84.2 Å². The molecule has 3 amide bonds. The summed E-state index contributed by atoms with van der Waals surface area (Å²) >= 11 is 1.11. The summed E-state index contributed by atoms with van der Waals surface area (Å²) in [4.78, 5) is 43.7. The van der Waals surface area contributed by atoms with Gasteiger partial charge in [-0.25, -0.2) is 14.6 Å². The van der Waals surface area contributed by atoms with Crippen molar-refractivity contribution in [2.75, 3.05) is 10.6 Å². The van der Waals surface area contributed by atoms with E-state index in [0.717, 1.165) is 62.7 Å². The Bertz CT molecular complexity index is 978. The molecule has 0 radical (unpaired) electrons. The minimum Gasteiger partial charge on any atom is -0.478 e. The SMILES string of the molecule is O=C(O)c1cccc(NC(=O)c2cnc(NC(=O)N(C3CCCCC3)C3CCCCC3)s2)c1. The number of benzene rings is 1. The molecule has 1 aromatic carbocycles. The summed E-state index contributed by atoms with van der Waals surface area (Å²) in [7, 11) is 0. The Hall–Kier alpha value is -2.94. The Balaban J connectivity index is 1.42. The summed E-state index contributed by atoms with van der Waals surface area (Å²) < 4.78 is 0. The highest BCUT2D eigenvalue weighted by Gasteiger charge is 2.33. The van der Waals surface area contributed by atoms with Gasteiger partial charge in [0, 0.05) is 17.8 Å². The molecule has 33 heavy (non-hydrogen) atoms. The fraction of sp³-hybridized carbons (Fsp3) is 0.500. The van der Waals surface area contributed by atoms with E-state index in [-0.39, 0.29) is 23.7 Å². The summed E-state index contributed by atoms with van der Waals surface area (Å²) in [6.45, 7) is 0. The van der Waals surface area contributed by atoms with Gasteiger partial charge in [-0.3, -0.25) is 10.1 Å². The normalized spacial score (nSPS) is 17.3. The highest BCUT2D eigenvalue weighted by atomic mass is 32.1. The lowest BCUT2D eigenvalue weighted by Crippen LogP contribution is -2.50. The summed E-state index contributed by atoms with van der Waals surface area (Å²) in [6.07, 6.45) is 12.7. The molecule has 0 bridgehead atoms. The number of nitrogens with one attached hydrogen (secondary N) is 2. The first kappa shape index (κ1) is 23.2. The third-order valence-electron chi connectivity index (χ3n) is 6.48. The Kier molecular flexibility index (Phi) is 7.59. The molecule has 2 aliphatic rings. The van der Waals surface area contributed by atoms with E-state index in [2.05, 4.69) is 20.5 Å². The van der Waals surface area contributed by atoms with Crippen molar-refractivity contribution >= 4 is 40.1 Å². The van der Waals surface area contributed by atoms with Crippen LogP contribution >= 0.6 is 11.3 Å². The lowest BCUT2D eigenvalue weighted by atomic mass is 9.89. The topological polar surface area (TPSA) is 112 Å². The molecular weight excluding hydrogens is 440 g/mol. The number of aromatic carboxylic acids is 1. The lowest BCUT2D eigenvalue weighted by Gasteiger charge is -2.41. The molecule has 0 atom stereocenters. The van der Waals surface area contributed by atoms with Gasteiger partial charge in [0.05, 0.1) is 11.8 Å². The quantitative estimate of drug-likeness (QED) is 0.509. The molecule has 0 spiro atoms. The van der Waals surface area contributed by atoms with E-state index in [1.807, 2.05) is 0 Å². The monoisotopic (exact) mass is 470 g/mol. The second-order valence-corrected chi connectivity index (χ2v) is 9.82. The van der Waals surface area contributed by atoms with E-state index in [0.29, 0.717) is 15.7 Å². The van der Waals surface area contributed by atoms with E-state index < -0.39 is 11.9 Å². The van der Waals surface area contributed by atoms with Gasteiger partial charge in [0.2, 0.25) is 0 Å². The first-order valence-corrected chi connectivity index (χ1v) is 12.5. The summed E-state index contributed by atoms with van der Waals surface area (Å²) in [5, 5.41) is 15.1. The Morgan fingerprint density at radius 2 is 1.58 bits per heavy atom. The first-order chi connectivity index (χ1) is 16.0. The number of nitrogens with zero attached hydrogens (tertiary/aromatic N) is 2. The molecule has 2 fully saturated rings.